The van der Waals surface area contributed by atoms with Crippen molar-refractivity contribution in [2.24, 2.45) is 0 Å². The van der Waals surface area contributed by atoms with Crippen molar-refractivity contribution < 1.29 is 13.9 Å². The van der Waals surface area contributed by atoms with E-state index in [2.05, 4.69) is 4.98 Å². The zero-order valence-electron chi connectivity index (χ0n) is 13.0. The molecule has 6 heteroatoms. The highest BCUT2D eigenvalue weighted by Crippen LogP contribution is 2.13. The first-order chi connectivity index (χ1) is 11.6. The minimum absolute atomic E-state index is 0.135. The number of nitrogens with zero attached hydrogens (tertiary/aromatic N) is 1. The van der Waals surface area contributed by atoms with Crippen LogP contribution in [-0.2, 0) is 11.3 Å². The fourth-order valence-electron chi connectivity index (χ4n) is 2.37. The van der Waals surface area contributed by atoms with Crippen LogP contribution in [0.25, 0.3) is 5.69 Å². The van der Waals surface area contributed by atoms with Crippen LogP contribution in [0.15, 0.2) is 59.5 Å². The summed E-state index contributed by atoms with van der Waals surface area (Å²) in [5, 5.41) is 0. The van der Waals surface area contributed by atoms with Crippen LogP contribution in [-0.4, -0.2) is 15.5 Å². The normalized spacial score (nSPS) is 10.6. The Labute approximate surface area is 137 Å². The lowest BCUT2D eigenvalue weighted by Crippen LogP contribution is -2.16. The van der Waals surface area contributed by atoms with Crippen LogP contribution in [0.5, 0.6) is 0 Å². The number of halogens is 1. The van der Waals surface area contributed by atoms with Crippen molar-refractivity contribution in [3.8, 4) is 5.69 Å². The standard InChI is InChI=1S/C18H15FN2O3/c1-12-10-20-18(23)21(12)15-8-6-13(7-9-15)17(22)24-11-14-4-2-3-5-16(14)19/h2-10H,11H2,1H3,(H,20,23). The van der Waals surface area contributed by atoms with Gasteiger partial charge in [0.25, 0.3) is 0 Å². The molecule has 5 nitrogen and oxygen atoms in total. The zero-order chi connectivity index (χ0) is 17.1. The molecule has 3 rings (SSSR count). The number of aromatic amines is 1. The maximum Gasteiger partial charge on any atom is 0.338 e. The minimum atomic E-state index is -0.553. The first-order valence-corrected chi connectivity index (χ1v) is 7.34. The molecular formula is C18H15FN2O3. The van der Waals surface area contributed by atoms with Crippen LogP contribution in [0.1, 0.15) is 21.6 Å². The number of H-pyrrole nitrogens is 1. The number of carbonyl (C=O) groups excluding carboxylic acids is 1. The highest BCUT2D eigenvalue weighted by molar-refractivity contribution is 5.89. The Morgan fingerprint density at radius 2 is 1.88 bits per heavy atom. The molecule has 0 amide bonds. The molecule has 0 saturated carbocycles. The number of aryl methyl sites for hydroxylation is 1. The molecule has 0 radical (unpaired) electrons. The molecule has 0 aliphatic carbocycles. The van der Waals surface area contributed by atoms with E-state index >= 15 is 0 Å². The van der Waals surface area contributed by atoms with E-state index in [4.69, 9.17) is 4.74 Å². The van der Waals surface area contributed by atoms with Gasteiger partial charge in [-0.3, -0.25) is 4.57 Å². The van der Waals surface area contributed by atoms with Gasteiger partial charge in [-0.2, -0.15) is 0 Å². The second kappa shape index (κ2) is 6.54. The average molecular weight is 326 g/mol. The van der Waals surface area contributed by atoms with Gasteiger partial charge in [0.1, 0.15) is 12.4 Å². The molecule has 0 aliphatic rings. The summed E-state index contributed by atoms with van der Waals surface area (Å²) < 4.78 is 20.1. The van der Waals surface area contributed by atoms with E-state index < -0.39 is 11.8 Å². The molecule has 0 fully saturated rings. The Balaban J connectivity index is 1.73. The van der Waals surface area contributed by atoms with Gasteiger partial charge < -0.3 is 9.72 Å². The first kappa shape index (κ1) is 15.7. The third-order valence-electron chi connectivity index (χ3n) is 3.64. The molecule has 1 aromatic heterocycles. The Morgan fingerprint density at radius 3 is 2.50 bits per heavy atom. The van der Waals surface area contributed by atoms with Crippen molar-refractivity contribution in [2.45, 2.75) is 13.5 Å². The highest BCUT2D eigenvalue weighted by atomic mass is 19.1. The van der Waals surface area contributed by atoms with Gasteiger partial charge in [0.15, 0.2) is 0 Å². The summed E-state index contributed by atoms with van der Waals surface area (Å²) in [5.74, 6) is -0.967. The Bertz CT molecular complexity index is 926. The number of hydrogen-bond donors (Lipinski definition) is 1. The van der Waals surface area contributed by atoms with Crippen LogP contribution >= 0.6 is 0 Å². The molecule has 24 heavy (non-hydrogen) atoms. The second-order valence-corrected chi connectivity index (χ2v) is 5.29. The van der Waals surface area contributed by atoms with Gasteiger partial charge in [-0.25, -0.2) is 14.0 Å². The van der Waals surface area contributed by atoms with Crippen LogP contribution in [0.3, 0.4) is 0 Å². The minimum Gasteiger partial charge on any atom is -0.457 e. The molecule has 3 aromatic rings. The van der Waals surface area contributed by atoms with Gasteiger partial charge in [0, 0.05) is 17.5 Å². The maximum absolute atomic E-state index is 13.5. The largest absolute Gasteiger partial charge is 0.457 e. The van der Waals surface area contributed by atoms with E-state index in [0.717, 1.165) is 5.69 Å². The van der Waals surface area contributed by atoms with Gasteiger partial charge in [0.05, 0.1) is 11.3 Å². The Morgan fingerprint density at radius 1 is 1.17 bits per heavy atom. The third-order valence-corrected chi connectivity index (χ3v) is 3.64. The SMILES string of the molecule is Cc1c[nH]c(=O)n1-c1ccc(C(=O)OCc2ccccc2F)cc1. The van der Waals surface area contributed by atoms with E-state index in [9.17, 15) is 14.0 Å². The summed E-state index contributed by atoms with van der Waals surface area (Å²) in [6, 6.07) is 12.6. The summed E-state index contributed by atoms with van der Waals surface area (Å²) in [7, 11) is 0. The van der Waals surface area contributed by atoms with Crippen molar-refractivity contribution in [1.82, 2.24) is 9.55 Å². The van der Waals surface area contributed by atoms with Crippen LogP contribution < -0.4 is 5.69 Å². The number of benzene rings is 2. The smallest absolute Gasteiger partial charge is 0.338 e. The van der Waals surface area contributed by atoms with Gasteiger partial charge in [0.2, 0.25) is 0 Å². The fraction of sp³-hybridized carbons (Fsp3) is 0.111. The lowest BCUT2D eigenvalue weighted by Gasteiger charge is -2.07. The van der Waals surface area contributed by atoms with Gasteiger partial charge in [-0.1, -0.05) is 18.2 Å². The molecule has 122 valence electrons. The molecule has 0 saturated heterocycles. The van der Waals surface area contributed by atoms with Crippen LogP contribution in [0.2, 0.25) is 0 Å². The van der Waals surface area contributed by atoms with E-state index in [0.29, 0.717) is 16.8 Å². The number of carbonyl (C=O) groups is 1. The van der Waals surface area contributed by atoms with Crippen molar-refractivity contribution in [3.05, 3.63) is 87.9 Å². The second-order valence-electron chi connectivity index (χ2n) is 5.29. The molecule has 0 spiro atoms. The lowest BCUT2D eigenvalue weighted by atomic mass is 10.2. The van der Waals surface area contributed by atoms with E-state index in [1.807, 2.05) is 0 Å². The third kappa shape index (κ3) is 3.12. The number of esters is 1. The summed E-state index contributed by atoms with van der Waals surface area (Å²) in [6.45, 7) is 1.66. The summed E-state index contributed by atoms with van der Waals surface area (Å²) in [4.78, 5) is 26.4. The Kier molecular flexibility index (Phi) is 4.29. The van der Waals surface area contributed by atoms with E-state index in [1.165, 1.54) is 10.6 Å². The lowest BCUT2D eigenvalue weighted by molar-refractivity contribution is 0.0469. The molecule has 0 aliphatic heterocycles. The molecular weight excluding hydrogens is 311 g/mol. The predicted octanol–water partition coefficient (Wildman–Crippen LogP) is 2.97. The number of imidazole rings is 1. The Hall–Kier alpha value is -3.15. The molecule has 1 N–H and O–H groups in total. The summed E-state index contributed by atoms with van der Waals surface area (Å²) >= 11 is 0. The maximum atomic E-state index is 13.5. The number of rotatable bonds is 4. The summed E-state index contributed by atoms with van der Waals surface area (Å²) in [5.41, 5.74) is 1.80. The van der Waals surface area contributed by atoms with Crippen molar-refractivity contribution in [1.29, 1.82) is 0 Å². The molecule has 0 unspecified atom stereocenters. The zero-order valence-corrected chi connectivity index (χ0v) is 13.0. The van der Waals surface area contributed by atoms with Crippen LogP contribution in [0, 0.1) is 12.7 Å². The van der Waals surface area contributed by atoms with Crippen molar-refractivity contribution >= 4 is 5.97 Å². The molecule has 1 heterocycles. The van der Waals surface area contributed by atoms with E-state index in [1.54, 1.807) is 55.6 Å². The summed E-state index contributed by atoms with van der Waals surface area (Å²) in [6.07, 6.45) is 1.61. The van der Waals surface area contributed by atoms with Gasteiger partial charge in [-0.15, -0.1) is 0 Å². The topological polar surface area (TPSA) is 64.1 Å². The fourth-order valence-corrected chi connectivity index (χ4v) is 2.37. The molecule has 2 aromatic carbocycles. The number of hydrogen-bond acceptors (Lipinski definition) is 3. The number of aromatic nitrogens is 2. The van der Waals surface area contributed by atoms with Crippen molar-refractivity contribution in [3.63, 3.8) is 0 Å². The van der Waals surface area contributed by atoms with Crippen molar-refractivity contribution in [2.75, 3.05) is 0 Å². The predicted molar refractivity (Wildman–Crippen MR) is 86.6 cm³/mol. The number of ether oxygens (including phenoxy) is 1. The molecule has 0 atom stereocenters. The number of nitrogens with one attached hydrogen (secondary N) is 1. The molecule has 0 bridgehead atoms. The monoisotopic (exact) mass is 326 g/mol. The van der Waals surface area contributed by atoms with E-state index in [-0.39, 0.29) is 12.3 Å². The van der Waals surface area contributed by atoms with Gasteiger partial charge in [-0.05, 0) is 37.3 Å². The average Bonchev–Trinajstić information content (AvgIpc) is 2.93. The van der Waals surface area contributed by atoms with Crippen LogP contribution in [0.4, 0.5) is 4.39 Å². The quantitative estimate of drug-likeness (QED) is 0.750. The highest BCUT2D eigenvalue weighted by Gasteiger charge is 2.11. The first-order valence-electron chi connectivity index (χ1n) is 7.34. The van der Waals surface area contributed by atoms with Gasteiger partial charge >= 0.3 is 11.7 Å².